The van der Waals surface area contributed by atoms with Crippen molar-refractivity contribution in [2.24, 2.45) is 0 Å². The molecule has 1 aromatic heterocycles. The van der Waals surface area contributed by atoms with Crippen LogP contribution in [0, 0.1) is 5.82 Å². The summed E-state index contributed by atoms with van der Waals surface area (Å²) in [6, 6.07) is 19.0. The molecule has 42 heavy (non-hydrogen) atoms. The van der Waals surface area contributed by atoms with Crippen molar-refractivity contribution in [1.82, 2.24) is 10.2 Å². The number of ether oxygens (including phenoxy) is 2. The number of hydrogen-bond acceptors (Lipinski definition) is 9. The van der Waals surface area contributed by atoms with E-state index in [9.17, 15) is 19.1 Å². The van der Waals surface area contributed by atoms with Crippen LogP contribution in [0.4, 0.5) is 9.52 Å². The monoisotopic (exact) mass is 603 g/mol. The summed E-state index contributed by atoms with van der Waals surface area (Å²) in [7, 11) is 0. The zero-order valence-electron chi connectivity index (χ0n) is 22.5. The molecular weight excluding hydrogens is 577 g/mol. The lowest BCUT2D eigenvalue weighted by Crippen LogP contribution is -2.29. The van der Waals surface area contributed by atoms with Crippen LogP contribution in [0.15, 0.2) is 95.4 Å². The molecular formula is C31H26FN3O5S2. The summed E-state index contributed by atoms with van der Waals surface area (Å²) in [6.07, 6.45) is 1.60. The number of rotatable bonds is 11. The molecule has 1 aliphatic rings. The number of aliphatic hydroxyl groups is 1. The highest BCUT2D eigenvalue weighted by Gasteiger charge is 2.48. The highest BCUT2D eigenvalue weighted by Crippen LogP contribution is 2.44. The van der Waals surface area contributed by atoms with Crippen LogP contribution in [-0.2, 0) is 15.3 Å². The number of carbonyl (C=O) groups excluding carboxylic acids is 2. The SMILES string of the molecule is C=CCOc1cccc(C2/C(=C(\O)c3ccc(OCC)cc3)C(=O)C(=O)N2c2nnc(SCc3ccccc3F)s2)c1. The van der Waals surface area contributed by atoms with Crippen LogP contribution in [0.25, 0.3) is 5.76 Å². The van der Waals surface area contributed by atoms with Gasteiger partial charge in [-0.25, -0.2) is 4.39 Å². The highest BCUT2D eigenvalue weighted by atomic mass is 32.2. The van der Waals surface area contributed by atoms with Gasteiger partial charge in [-0.1, -0.05) is 66.1 Å². The van der Waals surface area contributed by atoms with Crippen molar-refractivity contribution in [3.63, 3.8) is 0 Å². The van der Waals surface area contributed by atoms with E-state index < -0.39 is 17.7 Å². The lowest BCUT2D eigenvalue weighted by atomic mass is 9.95. The fourth-order valence-corrected chi connectivity index (χ4v) is 6.27. The average molecular weight is 604 g/mol. The van der Waals surface area contributed by atoms with Crippen molar-refractivity contribution in [2.75, 3.05) is 18.1 Å². The summed E-state index contributed by atoms with van der Waals surface area (Å²) < 4.78 is 25.8. The van der Waals surface area contributed by atoms with Gasteiger partial charge < -0.3 is 14.6 Å². The molecule has 1 fully saturated rings. The van der Waals surface area contributed by atoms with Crippen molar-refractivity contribution in [3.8, 4) is 11.5 Å². The van der Waals surface area contributed by atoms with Gasteiger partial charge in [0.25, 0.3) is 5.78 Å². The molecule has 0 spiro atoms. The van der Waals surface area contributed by atoms with Gasteiger partial charge in [0.05, 0.1) is 18.2 Å². The molecule has 1 unspecified atom stereocenters. The Labute approximate surface area is 250 Å². The van der Waals surface area contributed by atoms with Crippen molar-refractivity contribution >= 4 is 45.7 Å². The lowest BCUT2D eigenvalue weighted by molar-refractivity contribution is -0.132. The summed E-state index contributed by atoms with van der Waals surface area (Å²) in [4.78, 5) is 28.3. The van der Waals surface area contributed by atoms with Gasteiger partial charge in [-0.3, -0.25) is 14.5 Å². The number of halogens is 1. The van der Waals surface area contributed by atoms with E-state index in [1.807, 2.05) is 6.92 Å². The maximum atomic E-state index is 14.1. The van der Waals surface area contributed by atoms with E-state index in [0.717, 1.165) is 11.3 Å². The first-order valence-electron chi connectivity index (χ1n) is 13.0. The summed E-state index contributed by atoms with van der Waals surface area (Å²) in [5, 5.41) is 20.0. The normalized spacial score (nSPS) is 16.0. The molecule has 0 radical (unpaired) electrons. The van der Waals surface area contributed by atoms with Crippen LogP contribution in [-0.4, -0.2) is 40.2 Å². The molecule has 2 heterocycles. The Bertz CT molecular complexity index is 1650. The van der Waals surface area contributed by atoms with Gasteiger partial charge in [0.15, 0.2) is 4.34 Å². The lowest BCUT2D eigenvalue weighted by Gasteiger charge is -2.23. The molecule has 1 saturated heterocycles. The van der Waals surface area contributed by atoms with Crippen molar-refractivity contribution < 1.29 is 28.6 Å². The Balaban J connectivity index is 1.55. The smallest absolute Gasteiger partial charge is 0.301 e. The predicted molar refractivity (Wildman–Crippen MR) is 160 cm³/mol. The second kappa shape index (κ2) is 13.0. The van der Waals surface area contributed by atoms with E-state index in [2.05, 4.69) is 16.8 Å². The van der Waals surface area contributed by atoms with Crippen LogP contribution >= 0.6 is 23.1 Å². The van der Waals surface area contributed by atoms with Crippen LogP contribution in [0.3, 0.4) is 0 Å². The first-order valence-corrected chi connectivity index (χ1v) is 14.8. The van der Waals surface area contributed by atoms with Crippen LogP contribution in [0.1, 0.15) is 29.7 Å². The number of thioether (sulfide) groups is 1. The van der Waals surface area contributed by atoms with Crippen LogP contribution in [0.5, 0.6) is 11.5 Å². The number of aliphatic hydroxyl groups excluding tert-OH is 1. The number of amides is 1. The zero-order valence-corrected chi connectivity index (χ0v) is 24.2. The molecule has 214 valence electrons. The topological polar surface area (TPSA) is 102 Å². The van der Waals surface area contributed by atoms with Crippen LogP contribution < -0.4 is 14.4 Å². The van der Waals surface area contributed by atoms with Crippen molar-refractivity contribution in [2.45, 2.75) is 23.1 Å². The standard InChI is InChI=1S/C31H26FN3O5S2/c1-3-16-40-23-10-7-9-20(17-23)26-25(27(36)19-12-14-22(15-13-19)39-4-2)28(37)29(38)35(26)30-33-34-31(42-30)41-18-21-8-5-6-11-24(21)32/h3,5-15,17,26,36H,1,4,16,18H2,2H3/b27-25+. The molecule has 0 saturated carbocycles. The van der Waals surface area contributed by atoms with E-state index in [1.54, 1.807) is 72.8 Å². The summed E-state index contributed by atoms with van der Waals surface area (Å²) >= 11 is 2.37. The van der Waals surface area contributed by atoms with Crippen LogP contribution in [0.2, 0.25) is 0 Å². The van der Waals surface area contributed by atoms with E-state index in [-0.39, 0.29) is 28.9 Å². The minimum absolute atomic E-state index is 0.0965. The number of nitrogens with zero attached hydrogens (tertiary/aromatic N) is 3. The third kappa shape index (κ3) is 6.07. The first kappa shape index (κ1) is 29.0. The second-order valence-electron chi connectivity index (χ2n) is 9.03. The minimum atomic E-state index is -1.01. The maximum Gasteiger partial charge on any atom is 0.301 e. The molecule has 0 bridgehead atoms. The zero-order chi connectivity index (χ0) is 29.6. The number of benzene rings is 3. The van der Waals surface area contributed by atoms with E-state index in [0.29, 0.717) is 44.9 Å². The Morgan fingerprint density at radius 2 is 1.86 bits per heavy atom. The average Bonchev–Trinajstić information content (AvgIpc) is 3.57. The van der Waals surface area contributed by atoms with Crippen molar-refractivity contribution in [3.05, 3.63) is 114 Å². The summed E-state index contributed by atoms with van der Waals surface area (Å²) in [5.74, 6) is -0.964. The number of aromatic nitrogens is 2. The maximum absolute atomic E-state index is 14.1. The third-order valence-corrected chi connectivity index (χ3v) is 8.44. The number of carbonyl (C=O) groups is 2. The Kier molecular flexibility index (Phi) is 8.99. The molecule has 8 nitrogen and oxygen atoms in total. The van der Waals surface area contributed by atoms with Gasteiger partial charge in [-0.2, -0.15) is 0 Å². The fourth-order valence-electron chi connectivity index (χ4n) is 4.42. The molecule has 1 N–H and O–H groups in total. The first-order chi connectivity index (χ1) is 20.4. The number of Topliss-reactive ketones (excluding diaryl/α,β-unsaturated/α-hetero) is 1. The summed E-state index contributed by atoms with van der Waals surface area (Å²) in [6.45, 7) is 6.26. The van der Waals surface area contributed by atoms with E-state index in [4.69, 9.17) is 9.47 Å². The molecule has 4 aromatic rings. The van der Waals surface area contributed by atoms with Gasteiger partial charge in [-0.15, -0.1) is 10.2 Å². The third-order valence-electron chi connectivity index (χ3n) is 6.34. The Morgan fingerprint density at radius 1 is 1.07 bits per heavy atom. The molecule has 1 amide bonds. The number of anilines is 1. The van der Waals surface area contributed by atoms with E-state index in [1.165, 1.54) is 22.7 Å². The van der Waals surface area contributed by atoms with Gasteiger partial charge in [-0.05, 0) is 60.5 Å². The molecule has 5 rings (SSSR count). The highest BCUT2D eigenvalue weighted by molar-refractivity contribution is 8.00. The predicted octanol–water partition coefficient (Wildman–Crippen LogP) is 6.56. The van der Waals surface area contributed by atoms with Gasteiger partial charge in [0.2, 0.25) is 5.13 Å². The number of ketones is 1. The quantitative estimate of drug-likeness (QED) is 0.0514. The van der Waals surface area contributed by atoms with Gasteiger partial charge in [0.1, 0.15) is 29.7 Å². The molecule has 1 atom stereocenters. The van der Waals surface area contributed by atoms with Gasteiger partial charge in [0, 0.05) is 11.3 Å². The number of hydrogen-bond donors (Lipinski definition) is 1. The molecule has 11 heteroatoms. The van der Waals surface area contributed by atoms with Crippen molar-refractivity contribution in [1.29, 1.82) is 0 Å². The van der Waals surface area contributed by atoms with Gasteiger partial charge >= 0.3 is 5.91 Å². The second-order valence-corrected chi connectivity index (χ2v) is 11.2. The Hall–Kier alpha value is -4.48. The molecule has 1 aliphatic heterocycles. The molecule has 0 aliphatic carbocycles. The minimum Gasteiger partial charge on any atom is -0.507 e. The molecule has 3 aromatic carbocycles. The fraction of sp³-hybridized carbons (Fsp3) is 0.161. The van der Waals surface area contributed by atoms with E-state index >= 15 is 0 Å². The Morgan fingerprint density at radius 3 is 2.60 bits per heavy atom. The largest absolute Gasteiger partial charge is 0.507 e. The summed E-state index contributed by atoms with van der Waals surface area (Å²) in [5.41, 5.74) is 1.28.